The van der Waals surface area contributed by atoms with Crippen LogP contribution < -0.4 is 30.2 Å². The number of anilines is 4. The molecule has 13 heteroatoms. The molecule has 0 radical (unpaired) electrons. The van der Waals surface area contributed by atoms with Crippen LogP contribution in [0.2, 0.25) is 0 Å². The second-order valence-electron chi connectivity index (χ2n) is 13.9. The molecule has 0 saturated carbocycles. The van der Waals surface area contributed by atoms with Crippen molar-refractivity contribution in [1.82, 2.24) is 19.4 Å². The number of nitrogens with one attached hydrogen (secondary N) is 3. The van der Waals surface area contributed by atoms with Crippen LogP contribution in [0.4, 0.5) is 23.0 Å². The van der Waals surface area contributed by atoms with E-state index in [1.165, 1.54) is 6.92 Å². The lowest BCUT2D eigenvalue weighted by atomic mass is 10.1. The first kappa shape index (κ1) is 39.1. The summed E-state index contributed by atoms with van der Waals surface area (Å²) in [5.74, 6) is 2.29. The first-order chi connectivity index (χ1) is 27.8. The first-order valence-corrected chi connectivity index (χ1v) is 19.0. The van der Waals surface area contributed by atoms with E-state index in [2.05, 4.69) is 54.8 Å². The first-order valence-electron chi connectivity index (χ1n) is 19.0. The average Bonchev–Trinajstić information content (AvgIpc) is 3.89. The topological polar surface area (TPSA) is 133 Å². The van der Waals surface area contributed by atoms with Crippen LogP contribution in [0.15, 0.2) is 97.3 Å². The van der Waals surface area contributed by atoms with E-state index in [1.54, 1.807) is 26.5 Å². The van der Waals surface area contributed by atoms with Gasteiger partial charge in [0.1, 0.15) is 29.5 Å². The zero-order valence-corrected chi connectivity index (χ0v) is 33.0. The Hall–Kier alpha value is -6.15. The molecule has 1 fully saturated rings. The van der Waals surface area contributed by atoms with Gasteiger partial charge in [0.25, 0.3) is 0 Å². The van der Waals surface area contributed by atoms with Gasteiger partial charge in [0.05, 0.1) is 50.1 Å². The molecule has 7 rings (SSSR count). The molecule has 13 nitrogen and oxygen atoms in total. The van der Waals surface area contributed by atoms with E-state index in [0.29, 0.717) is 67.4 Å². The highest BCUT2D eigenvalue weighted by molar-refractivity contribution is 5.99. The van der Waals surface area contributed by atoms with E-state index in [0.717, 1.165) is 57.6 Å². The Balaban J connectivity index is 1.21. The minimum Gasteiger partial charge on any atom is -0.497 e. The largest absolute Gasteiger partial charge is 0.497 e. The van der Waals surface area contributed by atoms with Crippen LogP contribution in [0, 0.1) is 0 Å². The van der Waals surface area contributed by atoms with Gasteiger partial charge >= 0.3 is 0 Å². The van der Waals surface area contributed by atoms with Gasteiger partial charge in [-0.05, 0) is 80.7 Å². The predicted molar refractivity (Wildman–Crippen MR) is 223 cm³/mol. The van der Waals surface area contributed by atoms with Gasteiger partial charge in [-0.1, -0.05) is 42.5 Å². The molecule has 0 atom stereocenters. The fourth-order valence-electron chi connectivity index (χ4n) is 6.94. The van der Waals surface area contributed by atoms with Gasteiger partial charge in [0, 0.05) is 48.9 Å². The zero-order chi connectivity index (χ0) is 39.7. The van der Waals surface area contributed by atoms with Crippen molar-refractivity contribution in [3.05, 3.63) is 114 Å². The molecular weight excluding hydrogens is 723 g/mol. The van der Waals surface area contributed by atoms with Crippen LogP contribution in [0.25, 0.3) is 22.2 Å². The molecule has 3 heterocycles. The summed E-state index contributed by atoms with van der Waals surface area (Å²) in [6, 6.07) is 27.7. The molecule has 0 unspecified atom stereocenters. The zero-order valence-electron chi connectivity index (χ0n) is 33.0. The van der Waals surface area contributed by atoms with Crippen LogP contribution in [0.1, 0.15) is 36.3 Å². The van der Waals surface area contributed by atoms with Crippen molar-refractivity contribution in [2.45, 2.75) is 32.8 Å². The summed E-state index contributed by atoms with van der Waals surface area (Å²) in [6.07, 6.45) is 4.21. The van der Waals surface area contributed by atoms with Crippen molar-refractivity contribution in [2.24, 2.45) is 0 Å². The Labute approximate surface area is 332 Å². The van der Waals surface area contributed by atoms with Crippen LogP contribution in [-0.4, -0.2) is 80.0 Å². The Kier molecular flexibility index (Phi) is 12.5. The molecule has 0 aliphatic carbocycles. The number of fused-ring (bicyclic) bond motifs is 1. The summed E-state index contributed by atoms with van der Waals surface area (Å²) < 4.78 is 31.8. The molecule has 1 amide bonds. The fraction of sp³-hybridized carbons (Fsp3) is 0.295. The summed E-state index contributed by atoms with van der Waals surface area (Å²) in [5.41, 5.74) is 7.49. The van der Waals surface area contributed by atoms with Crippen LogP contribution in [0.5, 0.6) is 17.2 Å². The molecule has 4 aromatic carbocycles. The molecule has 57 heavy (non-hydrogen) atoms. The normalized spacial score (nSPS) is 12.9. The summed E-state index contributed by atoms with van der Waals surface area (Å²) in [5, 5.41) is 10.9. The lowest BCUT2D eigenvalue weighted by Crippen LogP contribution is -2.17. The number of aromatic nitrogens is 3. The maximum Gasteiger partial charge on any atom is 0.227 e. The Morgan fingerprint density at radius 3 is 2.47 bits per heavy atom. The van der Waals surface area contributed by atoms with Crippen molar-refractivity contribution in [3.63, 3.8) is 0 Å². The monoisotopic (exact) mass is 771 g/mol. The third kappa shape index (κ3) is 9.29. The van der Waals surface area contributed by atoms with Gasteiger partial charge in [-0.15, -0.1) is 0 Å². The van der Waals surface area contributed by atoms with Crippen LogP contribution in [-0.2, 0) is 27.4 Å². The van der Waals surface area contributed by atoms with Gasteiger partial charge in [0.2, 0.25) is 11.9 Å². The summed E-state index contributed by atoms with van der Waals surface area (Å²) >= 11 is 0. The Morgan fingerprint density at radius 2 is 1.72 bits per heavy atom. The highest BCUT2D eigenvalue weighted by Gasteiger charge is 2.26. The number of para-hydroxylation sites is 1. The van der Waals surface area contributed by atoms with Gasteiger partial charge in [-0.2, -0.15) is 0 Å². The average molecular weight is 772 g/mol. The van der Waals surface area contributed by atoms with Gasteiger partial charge < -0.3 is 49.1 Å². The molecule has 0 bridgehead atoms. The Morgan fingerprint density at radius 1 is 0.912 bits per heavy atom. The van der Waals surface area contributed by atoms with Crippen molar-refractivity contribution in [3.8, 4) is 28.5 Å². The maximum atomic E-state index is 12.3. The van der Waals surface area contributed by atoms with Crippen molar-refractivity contribution in [2.75, 3.05) is 70.6 Å². The molecule has 3 N–H and O–H groups in total. The summed E-state index contributed by atoms with van der Waals surface area (Å²) in [4.78, 5) is 24.0. The van der Waals surface area contributed by atoms with E-state index in [1.807, 2.05) is 74.8 Å². The predicted octanol–water partition coefficient (Wildman–Crippen LogP) is 7.85. The molecule has 0 spiro atoms. The van der Waals surface area contributed by atoms with E-state index in [4.69, 9.17) is 28.7 Å². The number of nitrogens with zero attached hydrogens (tertiary/aromatic N) is 4. The second-order valence-corrected chi connectivity index (χ2v) is 13.9. The fourth-order valence-corrected chi connectivity index (χ4v) is 6.94. The lowest BCUT2D eigenvalue weighted by Gasteiger charge is -2.20. The molecule has 1 aliphatic heterocycles. The van der Waals surface area contributed by atoms with E-state index in [9.17, 15) is 4.79 Å². The van der Waals surface area contributed by atoms with Crippen LogP contribution >= 0.6 is 0 Å². The van der Waals surface area contributed by atoms with Crippen molar-refractivity contribution < 1.29 is 28.5 Å². The minimum atomic E-state index is -0.546. The summed E-state index contributed by atoms with van der Waals surface area (Å²) in [6.45, 7) is 5.00. The number of hydrogen-bond donors (Lipinski definition) is 3. The van der Waals surface area contributed by atoms with E-state index >= 15 is 0 Å². The highest BCUT2D eigenvalue weighted by Crippen LogP contribution is 2.41. The number of methoxy groups -OCH3 is 2. The molecule has 296 valence electrons. The quantitative estimate of drug-likeness (QED) is 0.0784. The number of amides is 1. The third-order valence-corrected chi connectivity index (χ3v) is 9.65. The molecule has 6 aromatic rings. The molecule has 2 aromatic heterocycles. The van der Waals surface area contributed by atoms with Gasteiger partial charge in [-0.25, -0.2) is 9.97 Å². The SMILES string of the molecule is COc1ccc(COc2cccc(Cn3cc(-c4ccnc(Nc5c(NC(C)=O)ccc(OC)c5NCCCN(C)C)n4)c4ccccc43)c2C2OCCO2)cc1. The number of ether oxygens (including phenoxy) is 5. The second kappa shape index (κ2) is 18.2. The van der Waals surface area contributed by atoms with Crippen molar-refractivity contribution in [1.29, 1.82) is 0 Å². The number of carbonyl (C=O) groups excluding carboxylic acids is 1. The lowest BCUT2D eigenvalue weighted by molar-refractivity contribution is -0.114. The van der Waals surface area contributed by atoms with Crippen molar-refractivity contribution >= 4 is 39.8 Å². The van der Waals surface area contributed by atoms with Gasteiger partial charge in [0.15, 0.2) is 6.29 Å². The minimum absolute atomic E-state index is 0.201. The molecule has 1 saturated heterocycles. The van der Waals surface area contributed by atoms with Crippen LogP contribution in [0.3, 0.4) is 0 Å². The standard InChI is InChI=1S/C44H49N7O6/c1-29(52)47-36-18-19-39(54-5)42(45-21-9-23-50(2)3)41(36)49-44-46-22-20-35(48-44)34-27-51(37-12-7-6-11-33(34)37)26-31-10-8-13-38(40(31)43-55-24-25-56-43)57-28-30-14-16-32(53-4)17-15-30/h6-8,10-20,22,27,43,45H,9,21,23-26,28H2,1-5H3,(H,47,52)(H,46,48,49). The molecular formula is C44H49N7O6. The highest BCUT2D eigenvalue weighted by atomic mass is 16.7. The number of benzene rings is 4. The smallest absolute Gasteiger partial charge is 0.227 e. The third-order valence-electron chi connectivity index (χ3n) is 9.65. The van der Waals surface area contributed by atoms with E-state index in [-0.39, 0.29) is 5.91 Å². The Bertz CT molecular complexity index is 2300. The number of carbonyl (C=O) groups is 1. The number of rotatable bonds is 17. The molecule has 1 aliphatic rings. The van der Waals surface area contributed by atoms with Gasteiger partial charge in [-0.3, -0.25) is 4.79 Å². The maximum absolute atomic E-state index is 12.3. The number of hydrogen-bond acceptors (Lipinski definition) is 11. The summed E-state index contributed by atoms with van der Waals surface area (Å²) in [7, 11) is 7.37. The van der Waals surface area contributed by atoms with E-state index < -0.39 is 6.29 Å².